The van der Waals surface area contributed by atoms with Crippen molar-refractivity contribution in [1.82, 2.24) is 34.8 Å². The van der Waals surface area contributed by atoms with Crippen LogP contribution in [0.5, 0.6) is 23.0 Å². The van der Waals surface area contributed by atoms with E-state index in [2.05, 4.69) is 15.4 Å². The molecular weight excluding hydrogens is 855 g/mol. The van der Waals surface area contributed by atoms with Crippen LogP contribution in [0.15, 0.2) is 72.9 Å². The number of piperidine rings is 1. The van der Waals surface area contributed by atoms with Gasteiger partial charge in [-0.2, -0.15) is 10.4 Å². The molecule has 1 unspecified atom stereocenters. The molecule has 344 valence electrons. The lowest BCUT2D eigenvalue weighted by Crippen LogP contribution is -2.61. The quantitative estimate of drug-likeness (QED) is 0.145. The fourth-order valence-corrected chi connectivity index (χ4v) is 8.91. The molecule has 0 saturated carbocycles. The van der Waals surface area contributed by atoms with E-state index in [1.165, 1.54) is 22.9 Å². The Balaban J connectivity index is 0.00000192. The van der Waals surface area contributed by atoms with Gasteiger partial charge in [-0.3, -0.25) is 44.0 Å². The van der Waals surface area contributed by atoms with Crippen LogP contribution >= 0.6 is 0 Å². The smallest absolute Gasteiger partial charge is 0.329 e. The zero-order valence-electron chi connectivity index (χ0n) is 37.1. The van der Waals surface area contributed by atoms with Crippen molar-refractivity contribution in [2.75, 3.05) is 69.3 Å². The fraction of sp³-hybridized carbons (Fsp3) is 0.383. The topological polar surface area (TPSA) is 179 Å². The third-order valence-corrected chi connectivity index (χ3v) is 12.1. The molecule has 9 rings (SSSR count). The van der Waals surface area contributed by atoms with E-state index in [4.69, 9.17) is 19.5 Å². The molecule has 1 atom stereocenters. The zero-order valence-corrected chi connectivity index (χ0v) is 37.1. The SMILES string of the molecule is CC#N.CCOc1cc(CN2C(=O)c3cnc(N4CCN(C5CCN(Cc6ccc(Oc7ccc8c(N9CCC(=O)NC9=O)nn(C)c8c7)cc6)CC5(F)F)CC4)cc3C2=O)ccc1OC. The highest BCUT2D eigenvalue weighted by molar-refractivity contribution is 6.21. The van der Waals surface area contributed by atoms with E-state index in [0.717, 1.165) is 16.5 Å². The third-order valence-electron chi connectivity index (χ3n) is 12.1. The number of aromatic nitrogens is 3. The van der Waals surface area contributed by atoms with Gasteiger partial charge in [-0.05, 0) is 66.9 Å². The number of hydrogen-bond acceptors (Lipinski definition) is 13. The fourth-order valence-electron chi connectivity index (χ4n) is 8.91. The van der Waals surface area contributed by atoms with Crippen molar-refractivity contribution in [3.8, 4) is 29.1 Å². The lowest BCUT2D eigenvalue weighted by Gasteiger charge is -2.46. The van der Waals surface area contributed by atoms with Gasteiger partial charge in [0.05, 0.1) is 55.6 Å². The second kappa shape index (κ2) is 19.1. The molecule has 0 bridgehead atoms. The Morgan fingerprint density at radius 3 is 2.27 bits per heavy atom. The van der Waals surface area contributed by atoms with E-state index >= 15 is 8.78 Å². The number of urea groups is 1. The molecule has 6 heterocycles. The Morgan fingerprint density at radius 1 is 0.864 bits per heavy atom. The summed E-state index contributed by atoms with van der Waals surface area (Å²) < 4.78 is 50.6. The van der Waals surface area contributed by atoms with Gasteiger partial charge >= 0.3 is 6.03 Å². The lowest BCUT2D eigenvalue weighted by molar-refractivity contribution is -0.129. The van der Waals surface area contributed by atoms with Gasteiger partial charge in [-0.1, -0.05) is 18.2 Å². The monoisotopic (exact) mass is 904 g/mol. The number of aryl methyl sites for hydroxylation is 1. The van der Waals surface area contributed by atoms with Crippen molar-refractivity contribution in [1.29, 1.82) is 5.26 Å². The molecule has 5 amide bonds. The number of benzene rings is 3. The number of likely N-dealkylation sites (tertiary alicyclic amines) is 1. The summed E-state index contributed by atoms with van der Waals surface area (Å²) in [5.41, 5.74) is 2.85. The van der Waals surface area contributed by atoms with Crippen molar-refractivity contribution in [2.24, 2.45) is 7.05 Å². The minimum Gasteiger partial charge on any atom is -0.493 e. The van der Waals surface area contributed by atoms with Crippen LogP contribution in [-0.4, -0.2) is 125 Å². The highest BCUT2D eigenvalue weighted by Crippen LogP contribution is 2.36. The van der Waals surface area contributed by atoms with Gasteiger partial charge in [0.1, 0.15) is 17.3 Å². The Morgan fingerprint density at radius 2 is 1.58 bits per heavy atom. The van der Waals surface area contributed by atoms with E-state index in [0.29, 0.717) is 92.5 Å². The van der Waals surface area contributed by atoms with Gasteiger partial charge < -0.3 is 19.1 Å². The largest absolute Gasteiger partial charge is 0.493 e. The number of nitrogens with one attached hydrogen (secondary N) is 1. The number of carbonyl (C=O) groups is 4. The average Bonchev–Trinajstić information content (AvgIpc) is 3.74. The van der Waals surface area contributed by atoms with E-state index in [-0.39, 0.29) is 43.1 Å². The molecule has 66 heavy (non-hydrogen) atoms. The van der Waals surface area contributed by atoms with Crippen LogP contribution in [0.25, 0.3) is 10.9 Å². The van der Waals surface area contributed by atoms with Crippen LogP contribution in [0, 0.1) is 11.3 Å². The van der Waals surface area contributed by atoms with Gasteiger partial charge in [0.15, 0.2) is 17.3 Å². The third kappa shape index (κ3) is 9.32. The molecule has 19 heteroatoms. The molecule has 2 aromatic heterocycles. The molecule has 1 N–H and O–H groups in total. The minimum absolute atomic E-state index is 0.0581. The maximum absolute atomic E-state index is 15.9. The van der Waals surface area contributed by atoms with Gasteiger partial charge in [0.25, 0.3) is 17.7 Å². The normalized spacial score (nSPS) is 18.7. The Labute approximate surface area is 380 Å². The van der Waals surface area contributed by atoms with Crippen molar-refractivity contribution in [2.45, 2.75) is 51.7 Å². The number of imide groups is 2. The van der Waals surface area contributed by atoms with E-state index in [1.54, 1.807) is 60.1 Å². The number of alkyl halides is 2. The second-order valence-electron chi connectivity index (χ2n) is 16.4. The number of hydrogen-bond donors (Lipinski definition) is 1. The van der Waals surface area contributed by atoms with Crippen molar-refractivity contribution in [3.05, 3.63) is 95.2 Å². The molecule has 5 aromatic rings. The van der Waals surface area contributed by atoms with Gasteiger partial charge in [-0.15, -0.1) is 0 Å². The summed E-state index contributed by atoms with van der Waals surface area (Å²) in [5.74, 6) is -0.868. The lowest BCUT2D eigenvalue weighted by atomic mass is 9.97. The molecule has 4 aliphatic rings. The molecule has 3 saturated heterocycles. The van der Waals surface area contributed by atoms with Crippen LogP contribution in [0.4, 0.5) is 25.2 Å². The minimum atomic E-state index is -2.93. The number of fused-ring (bicyclic) bond motifs is 2. The number of rotatable bonds is 12. The van der Waals surface area contributed by atoms with Crippen LogP contribution in [0.1, 0.15) is 58.5 Å². The van der Waals surface area contributed by atoms with Crippen LogP contribution in [0.3, 0.4) is 0 Å². The van der Waals surface area contributed by atoms with E-state index in [9.17, 15) is 19.2 Å². The predicted octanol–water partition coefficient (Wildman–Crippen LogP) is 5.97. The van der Waals surface area contributed by atoms with Crippen LogP contribution < -0.4 is 29.3 Å². The summed E-state index contributed by atoms with van der Waals surface area (Å²) >= 11 is 0. The number of nitrogens with zero attached hydrogens (tertiary/aromatic N) is 9. The molecule has 0 aliphatic carbocycles. The summed E-state index contributed by atoms with van der Waals surface area (Å²) in [6, 6.07) is 20.1. The first-order chi connectivity index (χ1) is 31.8. The van der Waals surface area contributed by atoms with Crippen molar-refractivity contribution in [3.63, 3.8) is 0 Å². The number of halogens is 2. The number of anilines is 2. The maximum Gasteiger partial charge on any atom is 0.329 e. The second-order valence-corrected chi connectivity index (χ2v) is 16.4. The van der Waals surface area contributed by atoms with Gasteiger partial charge in [-0.25, -0.2) is 18.6 Å². The van der Waals surface area contributed by atoms with Gasteiger partial charge in [0.2, 0.25) is 5.91 Å². The van der Waals surface area contributed by atoms with Gasteiger partial charge in [0, 0.05) is 83.9 Å². The number of carbonyl (C=O) groups excluding carboxylic acids is 4. The first-order valence-corrected chi connectivity index (χ1v) is 21.7. The van der Waals surface area contributed by atoms with Crippen molar-refractivity contribution < 1.29 is 42.2 Å². The first kappa shape index (κ1) is 45.4. The highest BCUT2D eigenvalue weighted by Gasteiger charge is 2.48. The molecule has 0 spiro atoms. The summed E-state index contributed by atoms with van der Waals surface area (Å²) in [4.78, 5) is 63.7. The number of ether oxygens (including phenoxy) is 3. The van der Waals surface area contributed by atoms with E-state index < -0.39 is 29.8 Å². The number of nitriles is 1. The average molecular weight is 905 g/mol. The standard InChI is InChI=1S/C45H47F2N9O7.C2H3N/c1-4-62-37-21-29(7-12-36(37)61-3)26-56-42(58)33-23-39(48-24-34(33)43(56)59)54-19-17-53(18-20-54)38-13-15-52(27-45(38,46)47)25-28-5-8-30(9-6-28)63-31-10-11-32-35(22-31)51(2)50-41(32)55-16-14-40(57)49-44(55)60;1-2-3/h5-12,21-24,38H,4,13-20,25-27H2,1-3H3,(H,49,57,60);1H3. The zero-order chi connectivity index (χ0) is 46.7. The summed E-state index contributed by atoms with van der Waals surface area (Å²) in [7, 11) is 3.32. The number of pyridine rings is 1. The molecule has 4 aliphatic heterocycles. The molecular formula is C47H50F2N10O7. The summed E-state index contributed by atoms with van der Waals surface area (Å²) in [5, 5.41) is 14.9. The number of piperazine rings is 1. The number of methoxy groups -OCH3 is 1. The maximum atomic E-state index is 15.9. The molecule has 17 nitrogen and oxygen atoms in total. The number of amides is 5. The Hall–Kier alpha value is -7.17. The summed E-state index contributed by atoms with van der Waals surface area (Å²) in [6.45, 7) is 6.26. The predicted molar refractivity (Wildman–Crippen MR) is 239 cm³/mol. The Kier molecular flexibility index (Phi) is 13.2. The molecule has 3 aromatic carbocycles. The first-order valence-electron chi connectivity index (χ1n) is 21.7. The van der Waals surface area contributed by atoms with E-state index in [1.807, 2.05) is 53.1 Å². The molecule has 3 fully saturated rings. The van der Waals surface area contributed by atoms with Crippen molar-refractivity contribution >= 4 is 46.3 Å². The highest BCUT2D eigenvalue weighted by atomic mass is 19.3. The summed E-state index contributed by atoms with van der Waals surface area (Å²) in [6.07, 6.45) is 1.95. The Bertz CT molecular complexity index is 2700. The molecule has 0 radical (unpaired) electrons. The van der Waals surface area contributed by atoms with Crippen LogP contribution in [0.2, 0.25) is 0 Å². The van der Waals surface area contributed by atoms with Crippen LogP contribution in [-0.2, 0) is 24.9 Å².